The highest BCUT2D eigenvalue weighted by atomic mass is 19.1. The molecule has 1 aromatic rings. The Bertz CT molecular complexity index is 558. The van der Waals surface area contributed by atoms with Gasteiger partial charge in [0, 0.05) is 12.0 Å². The third-order valence-electron chi connectivity index (χ3n) is 2.50. The van der Waals surface area contributed by atoms with Crippen molar-refractivity contribution in [3.63, 3.8) is 0 Å². The highest BCUT2D eigenvalue weighted by molar-refractivity contribution is 5.97. The molecule has 1 rings (SSSR count). The zero-order chi connectivity index (χ0) is 16.0. The van der Waals surface area contributed by atoms with Crippen molar-refractivity contribution in [1.82, 2.24) is 5.32 Å². The van der Waals surface area contributed by atoms with Gasteiger partial charge in [-0.05, 0) is 24.1 Å². The number of hydrogen-bond acceptors (Lipinski definition) is 3. The second-order valence-electron chi connectivity index (χ2n) is 4.92. The van der Waals surface area contributed by atoms with Crippen molar-refractivity contribution in [2.45, 2.75) is 20.3 Å². The maximum Gasteiger partial charge on any atom is 0.322 e. The molecular weight excluding hydrogens is 279 g/mol. The van der Waals surface area contributed by atoms with Gasteiger partial charge >= 0.3 is 5.97 Å². The topological polar surface area (TPSA) is 95.5 Å². The van der Waals surface area contributed by atoms with Crippen molar-refractivity contribution in [2.75, 3.05) is 11.9 Å². The zero-order valence-corrected chi connectivity index (χ0v) is 11.8. The lowest BCUT2D eigenvalue weighted by Crippen LogP contribution is -2.29. The van der Waals surface area contributed by atoms with Crippen molar-refractivity contribution >= 4 is 23.5 Å². The number of halogens is 1. The maximum atomic E-state index is 13.8. The van der Waals surface area contributed by atoms with E-state index in [1.54, 1.807) is 0 Å². The van der Waals surface area contributed by atoms with Crippen molar-refractivity contribution < 1.29 is 23.9 Å². The zero-order valence-electron chi connectivity index (χ0n) is 11.8. The number of carboxylic acid groups (broad SMARTS) is 1. The molecule has 0 aliphatic rings. The summed E-state index contributed by atoms with van der Waals surface area (Å²) in [5, 5.41) is 13.0. The van der Waals surface area contributed by atoms with Crippen LogP contribution >= 0.6 is 0 Å². The van der Waals surface area contributed by atoms with Gasteiger partial charge in [-0.15, -0.1) is 0 Å². The molecule has 0 saturated carbocycles. The van der Waals surface area contributed by atoms with E-state index in [9.17, 15) is 18.8 Å². The lowest BCUT2D eigenvalue weighted by Gasteiger charge is -2.09. The van der Waals surface area contributed by atoms with Crippen molar-refractivity contribution in [2.24, 2.45) is 5.92 Å². The minimum Gasteiger partial charge on any atom is -0.480 e. The number of carbonyl (C=O) groups excluding carboxylic acids is 2. The predicted octanol–water partition coefficient (Wildman–Crippen LogP) is 1.62. The van der Waals surface area contributed by atoms with Crippen LogP contribution < -0.4 is 10.6 Å². The minimum atomic E-state index is -1.19. The summed E-state index contributed by atoms with van der Waals surface area (Å²) in [6.45, 7) is 3.19. The Balaban J connectivity index is 2.73. The molecule has 114 valence electrons. The van der Waals surface area contributed by atoms with Gasteiger partial charge in [0.1, 0.15) is 12.4 Å². The van der Waals surface area contributed by atoms with E-state index in [1.165, 1.54) is 12.1 Å². The average molecular weight is 296 g/mol. The maximum absolute atomic E-state index is 13.8. The number of benzene rings is 1. The molecule has 0 saturated heterocycles. The van der Waals surface area contributed by atoms with Gasteiger partial charge in [-0.2, -0.15) is 0 Å². The summed E-state index contributed by atoms with van der Waals surface area (Å²) in [6, 6.07) is 3.52. The van der Waals surface area contributed by atoms with E-state index in [-0.39, 0.29) is 29.5 Å². The molecule has 7 heteroatoms. The highest BCUT2D eigenvalue weighted by Crippen LogP contribution is 2.16. The molecule has 0 aliphatic carbocycles. The van der Waals surface area contributed by atoms with E-state index < -0.39 is 24.2 Å². The standard InChI is InChI=1S/C14H17FN2O4/c1-8(2)5-12(18)17-11-4-3-9(6-10(11)15)14(21)16-7-13(19)20/h3-4,6,8H,5,7H2,1-2H3,(H,16,21)(H,17,18)(H,19,20). The number of carboxylic acids is 1. The first kappa shape index (κ1) is 16.6. The minimum absolute atomic E-state index is 0.0180. The molecule has 0 bridgehead atoms. The van der Waals surface area contributed by atoms with E-state index in [1.807, 2.05) is 13.8 Å². The molecule has 0 unspecified atom stereocenters. The Hall–Kier alpha value is -2.44. The van der Waals surface area contributed by atoms with Gasteiger partial charge in [-0.25, -0.2) is 4.39 Å². The Morgan fingerprint density at radius 3 is 2.48 bits per heavy atom. The number of rotatable bonds is 6. The second-order valence-corrected chi connectivity index (χ2v) is 4.92. The fourth-order valence-corrected chi connectivity index (χ4v) is 1.59. The summed E-state index contributed by atoms with van der Waals surface area (Å²) in [5.41, 5.74) is -0.0361. The molecule has 0 heterocycles. The summed E-state index contributed by atoms with van der Waals surface area (Å²) < 4.78 is 13.8. The monoisotopic (exact) mass is 296 g/mol. The SMILES string of the molecule is CC(C)CC(=O)Nc1ccc(C(=O)NCC(=O)O)cc1F. The van der Waals surface area contributed by atoms with Crippen LogP contribution in [0.15, 0.2) is 18.2 Å². The van der Waals surface area contributed by atoms with Crippen LogP contribution in [0.4, 0.5) is 10.1 Å². The Morgan fingerprint density at radius 2 is 1.95 bits per heavy atom. The van der Waals surface area contributed by atoms with Crippen LogP contribution in [0.25, 0.3) is 0 Å². The normalized spacial score (nSPS) is 10.3. The van der Waals surface area contributed by atoms with E-state index in [2.05, 4.69) is 10.6 Å². The third kappa shape index (κ3) is 5.60. The number of amides is 2. The number of aliphatic carboxylic acids is 1. The molecule has 21 heavy (non-hydrogen) atoms. The fraction of sp³-hybridized carbons (Fsp3) is 0.357. The molecule has 0 radical (unpaired) electrons. The Morgan fingerprint density at radius 1 is 1.29 bits per heavy atom. The van der Waals surface area contributed by atoms with Gasteiger partial charge in [-0.3, -0.25) is 14.4 Å². The van der Waals surface area contributed by atoms with Crippen LogP contribution in [0.5, 0.6) is 0 Å². The average Bonchev–Trinajstić information content (AvgIpc) is 2.37. The number of hydrogen-bond donors (Lipinski definition) is 3. The quantitative estimate of drug-likeness (QED) is 0.743. The Kier molecular flexibility index (Phi) is 5.83. The smallest absolute Gasteiger partial charge is 0.322 e. The molecule has 2 amide bonds. The fourth-order valence-electron chi connectivity index (χ4n) is 1.59. The molecule has 0 aliphatic heterocycles. The van der Waals surface area contributed by atoms with E-state index in [4.69, 9.17) is 5.11 Å². The molecule has 6 nitrogen and oxygen atoms in total. The van der Waals surface area contributed by atoms with Crippen LogP contribution in [-0.4, -0.2) is 29.4 Å². The van der Waals surface area contributed by atoms with E-state index >= 15 is 0 Å². The third-order valence-corrected chi connectivity index (χ3v) is 2.50. The first-order chi connectivity index (χ1) is 9.79. The summed E-state index contributed by atoms with van der Waals surface area (Å²) in [7, 11) is 0. The first-order valence-corrected chi connectivity index (χ1v) is 6.39. The number of carbonyl (C=O) groups is 3. The summed E-state index contributed by atoms with van der Waals surface area (Å²) in [6.07, 6.45) is 0.264. The Labute approximate surface area is 121 Å². The molecule has 1 aromatic carbocycles. The summed E-state index contributed by atoms with van der Waals surface area (Å²) >= 11 is 0. The van der Waals surface area contributed by atoms with Crippen molar-refractivity contribution in [1.29, 1.82) is 0 Å². The molecule has 0 atom stereocenters. The van der Waals surface area contributed by atoms with Gasteiger partial charge in [0.15, 0.2) is 0 Å². The van der Waals surface area contributed by atoms with E-state index in [0.717, 1.165) is 6.07 Å². The van der Waals surface area contributed by atoms with Gasteiger partial charge in [0.05, 0.1) is 5.69 Å². The number of anilines is 1. The van der Waals surface area contributed by atoms with Crippen LogP contribution in [-0.2, 0) is 9.59 Å². The largest absolute Gasteiger partial charge is 0.480 e. The predicted molar refractivity (Wildman–Crippen MR) is 74.5 cm³/mol. The van der Waals surface area contributed by atoms with Gasteiger partial charge in [0.25, 0.3) is 5.91 Å². The lowest BCUT2D eigenvalue weighted by molar-refractivity contribution is -0.135. The van der Waals surface area contributed by atoms with E-state index in [0.29, 0.717) is 0 Å². The van der Waals surface area contributed by atoms with Gasteiger partial charge in [0.2, 0.25) is 5.91 Å². The summed E-state index contributed by atoms with van der Waals surface area (Å²) in [4.78, 5) is 33.4. The molecule has 0 spiro atoms. The van der Waals surface area contributed by atoms with Crippen LogP contribution in [0.1, 0.15) is 30.6 Å². The van der Waals surface area contributed by atoms with Crippen molar-refractivity contribution in [3.8, 4) is 0 Å². The lowest BCUT2D eigenvalue weighted by atomic mass is 10.1. The van der Waals surface area contributed by atoms with Crippen LogP contribution in [0.2, 0.25) is 0 Å². The molecule has 3 N–H and O–H groups in total. The van der Waals surface area contributed by atoms with Crippen LogP contribution in [0.3, 0.4) is 0 Å². The molecule has 0 aromatic heterocycles. The second kappa shape index (κ2) is 7.37. The first-order valence-electron chi connectivity index (χ1n) is 6.39. The van der Waals surface area contributed by atoms with Crippen molar-refractivity contribution in [3.05, 3.63) is 29.6 Å². The van der Waals surface area contributed by atoms with Gasteiger partial charge < -0.3 is 15.7 Å². The van der Waals surface area contributed by atoms with Crippen LogP contribution in [0, 0.1) is 11.7 Å². The highest BCUT2D eigenvalue weighted by Gasteiger charge is 2.13. The number of nitrogens with one attached hydrogen (secondary N) is 2. The van der Waals surface area contributed by atoms with Gasteiger partial charge in [-0.1, -0.05) is 13.8 Å². The molecule has 0 fully saturated rings. The molecular formula is C14H17FN2O4. The summed E-state index contributed by atoms with van der Waals surface area (Å²) in [5.74, 6) is -2.81.